The van der Waals surface area contributed by atoms with Gasteiger partial charge in [-0.1, -0.05) is 42.5 Å². The summed E-state index contributed by atoms with van der Waals surface area (Å²) in [7, 11) is -4.11. The van der Waals surface area contributed by atoms with E-state index in [9.17, 15) is 19.4 Å². The van der Waals surface area contributed by atoms with Gasteiger partial charge in [-0.2, -0.15) is 0 Å². The molecular formula is C16H18NO5P. The molecule has 4 N–H and O–H groups in total. The second-order valence-electron chi connectivity index (χ2n) is 5.17. The van der Waals surface area contributed by atoms with Gasteiger partial charge in [0.15, 0.2) is 0 Å². The zero-order chi connectivity index (χ0) is 16.9. The number of hydrogen-bond acceptors (Lipinski definition) is 5. The zero-order valence-corrected chi connectivity index (χ0v) is 13.2. The van der Waals surface area contributed by atoms with E-state index in [1.807, 2.05) is 0 Å². The van der Waals surface area contributed by atoms with Crippen LogP contribution in [0.15, 0.2) is 54.6 Å². The molecule has 0 aromatic heterocycles. The smallest absolute Gasteiger partial charge is 0.383 e. The van der Waals surface area contributed by atoms with Gasteiger partial charge in [-0.05, 0) is 29.7 Å². The highest BCUT2D eigenvalue weighted by molar-refractivity contribution is 7.52. The van der Waals surface area contributed by atoms with E-state index < -0.39 is 19.6 Å². The number of carbonyl (C=O) groups excluding carboxylic acids is 1. The fourth-order valence-corrected chi connectivity index (χ4v) is 3.18. The Balaban J connectivity index is 1.94. The molecule has 0 fully saturated rings. The first kappa shape index (κ1) is 17.2. The molecule has 2 rings (SSSR count). The quantitative estimate of drug-likeness (QED) is 0.698. The Hall–Kier alpha value is -2.14. The van der Waals surface area contributed by atoms with Gasteiger partial charge in [-0.15, -0.1) is 0 Å². The number of carbonyl (C=O) groups is 1. The van der Waals surface area contributed by atoms with Gasteiger partial charge in [0.05, 0.1) is 6.16 Å². The Morgan fingerprint density at radius 2 is 1.70 bits per heavy atom. The number of rotatable bonds is 6. The predicted molar refractivity (Wildman–Crippen MR) is 85.8 cm³/mol. The Labute approximate surface area is 134 Å². The van der Waals surface area contributed by atoms with Gasteiger partial charge in [0.25, 0.3) is 0 Å². The summed E-state index contributed by atoms with van der Waals surface area (Å²) in [5.41, 5.74) is 7.03. The molecule has 2 aromatic carbocycles. The topological polar surface area (TPSA) is 110 Å². The molecule has 0 amide bonds. The maximum atomic E-state index is 12.0. The van der Waals surface area contributed by atoms with Crippen LogP contribution in [-0.2, 0) is 26.5 Å². The zero-order valence-electron chi connectivity index (χ0n) is 12.3. The third-order valence-electron chi connectivity index (χ3n) is 3.15. The number of aromatic hydroxyl groups is 1. The van der Waals surface area contributed by atoms with Gasteiger partial charge in [0, 0.05) is 0 Å². The van der Waals surface area contributed by atoms with Crippen LogP contribution in [0.1, 0.15) is 11.1 Å². The Kier molecular flexibility index (Phi) is 5.55. The molecule has 0 aliphatic carbocycles. The summed E-state index contributed by atoms with van der Waals surface area (Å²) in [6.07, 6.45) is -0.115. The lowest BCUT2D eigenvalue weighted by Gasteiger charge is -2.16. The molecule has 0 heterocycles. The second-order valence-corrected chi connectivity index (χ2v) is 6.94. The lowest BCUT2D eigenvalue weighted by molar-refractivity contribution is -0.136. The van der Waals surface area contributed by atoms with E-state index in [1.54, 1.807) is 42.5 Å². The first-order valence-electron chi connectivity index (χ1n) is 6.98. The predicted octanol–water partition coefficient (Wildman–Crippen LogP) is 2.19. The van der Waals surface area contributed by atoms with Crippen LogP contribution in [0.5, 0.6) is 5.75 Å². The molecule has 0 spiro atoms. The number of phenols is 1. The van der Waals surface area contributed by atoms with Crippen LogP contribution < -0.4 is 5.73 Å². The van der Waals surface area contributed by atoms with E-state index in [0.29, 0.717) is 11.1 Å². The van der Waals surface area contributed by atoms with Crippen molar-refractivity contribution >= 4 is 13.6 Å². The van der Waals surface area contributed by atoms with Crippen LogP contribution in [0.25, 0.3) is 0 Å². The second kappa shape index (κ2) is 7.42. The summed E-state index contributed by atoms with van der Waals surface area (Å²) in [6, 6.07) is 13.7. The Morgan fingerprint density at radius 1 is 1.09 bits per heavy atom. The van der Waals surface area contributed by atoms with Crippen molar-refractivity contribution in [3.05, 3.63) is 65.7 Å². The molecule has 0 radical (unpaired) electrons. The van der Waals surface area contributed by atoms with Crippen molar-refractivity contribution in [3.63, 3.8) is 0 Å². The molecule has 6 nitrogen and oxygen atoms in total. The van der Waals surface area contributed by atoms with Gasteiger partial charge < -0.3 is 20.3 Å². The minimum Gasteiger partial charge on any atom is -0.508 e. The summed E-state index contributed by atoms with van der Waals surface area (Å²) in [5.74, 6) is -0.826. The summed E-state index contributed by atoms with van der Waals surface area (Å²) in [6.45, 7) is 0. The van der Waals surface area contributed by atoms with Gasteiger partial charge in [-0.25, -0.2) is 4.57 Å². The van der Waals surface area contributed by atoms with Crippen molar-refractivity contribution < 1.29 is 23.9 Å². The normalized spacial score (nSPS) is 14.7. The molecule has 1 unspecified atom stereocenters. The average Bonchev–Trinajstić information content (AvgIpc) is 2.49. The summed E-state index contributed by atoms with van der Waals surface area (Å²) >= 11 is 0. The highest BCUT2D eigenvalue weighted by Gasteiger charge is 2.28. The summed E-state index contributed by atoms with van der Waals surface area (Å²) < 4.78 is 16.7. The molecule has 23 heavy (non-hydrogen) atoms. The SMILES string of the molecule is N[C@@H](Cc1ccc(O)cc1)C(=O)OP(=O)(O)Cc1ccccc1. The van der Waals surface area contributed by atoms with Crippen LogP contribution in [0, 0.1) is 0 Å². The first-order chi connectivity index (χ1) is 10.9. The fraction of sp³-hybridized carbons (Fsp3) is 0.188. The Bertz CT molecular complexity index is 702. The lowest BCUT2D eigenvalue weighted by atomic mass is 10.1. The molecular weight excluding hydrogens is 317 g/mol. The average molecular weight is 335 g/mol. The van der Waals surface area contributed by atoms with E-state index in [0.717, 1.165) is 0 Å². The lowest BCUT2D eigenvalue weighted by Crippen LogP contribution is -2.33. The van der Waals surface area contributed by atoms with E-state index in [2.05, 4.69) is 0 Å². The third-order valence-corrected chi connectivity index (χ3v) is 4.38. The highest BCUT2D eigenvalue weighted by atomic mass is 31.2. The highest BCUT2D eigenvalue weighted by Crippen LogP contribution is 2.45. The van der Waals surface area contributed by atoms with E-state index in [-0.39, 0.29) is 18.3 Å². The van der Waals surface area contributed by atoms with Crippen molar-refractivity contribution in [3.8, 4) is 5.75 Å². The van der Waals surface area contributed by atoms with Crippen LogP contribution in [0.3, 0.4) is 0 Å². The van der Waals surface area contributed by atoms with E-state index in [4.69, 9.17) is 10.3 Å². The summed E-state index contributed by atoms with van der Waals surface area (Å²) in [4.78, 5) is 21.7. The van der Waals surface area contributed by atoms with Crippen molar-refractivity contribution in [1.29, 1.82) is 0 Å². The standard InChI is InChI=1S/C16H18NO5P/c17-15(10-12-6-8-14(18)9-7-12)16(19)22-23(20,21)11-13-4-2-1-3-5-13/h1-9,15,18H,10-11,17H2,(H,20,21)/t15-/m0/s1. The fourth-order valence-electron chi connectivity index (χ4n) is 2.02. The van der Waals surface area contributed by atoms with Gasteiger partial charge in [0.2, 0.25) is 0 Å². The molecule has 0 aliphatic rings. The number of phenolic OH excluding ortho intramolecular Hbond substituents is 1. The van der Waals surface area contributed by atoms with Gasteiger partial charge in [0.1, 0.15) is 11.8 Å². The minimum atomic E-state index is -4.11. The van der Waals surface area contributed by atoms with Crippen molar-refractivity contribution in [2.45, 2.75) is 18.6 Å². The molecule has 122 valence electrons. The number of hydrogen-bond donors (Lipinski definition) is 3. The van der Waals surface area contributed by atoms with Crippen LogP contribution >= 0.6 is 7.60 Å². The van der Waals surface area contributed by atoms with Gasteiger partial charge >= 0.3 is 13.6 Å². The maximum absolute atomic E-state index is 12.0. The van der Waals surface area contributed by atoms with E-state index in [1.165, 1.54) is 12.1 Å². The Morgan fingerprint density at radius 3 is 2.30 bits per heavy atom. The largest absolute Gasteiger partial charge is 0.508 e. The molecule has 2 atom stereocenters. The minimum absolute atomic E-state index is 0.104. The molecule has 2 aromatic rings. The molecule has 0 saturated carbocycles. The van der Waals surface area contributed by atoms with Crippen LogP contribution in [0.4, 0.5) is 0 Å². The van der Waals surface area contributed by atoms with Crippen molar-refractivity contribution in [1.82, 2.24) is 0 Å². The van der Waals surface area contributed by atoms with Crippen molar-refractivity contribution in [2.24, 2.45) is 5.73 Å². The molecule has 0 aliphatic heterocycles. The van der Waals surface area contributed by atoms with Crippen LogP contribution in [-0.4, -0.2) is 22.0 Å². The molecule has 0 saturated heterocycles. The number of nitrogens with two attached hydrogens (primary N) is 1. The number of benzene rings is 2. The maximum Gasteiger partial charge on any atom is 0.383 e. The molecule has 0 bridgehead atoms. The monoisotopic (exact) mass is 335 g/mol. The first-order valence-corrected chi connectivity index (χ1v) is 8.75. The van der Waals surface area contributed by atoms with Crippen LogP contribution in [0.2, 0.25) is 0 Å². The van der Waals surface area contributed by atoms with Gasteiger partial charge in [-0.3, -0.25) is 4.79 Å². The molecule has 7 heteroatoms. The van der Waals surface area contributed by atoms with Crippen molar-refractivity contribution in [2.75, 3.05) is 0 Å². The summed E-state index contributed by atoms with van der Waals surface area (Å²) in [5, 5.41) is 9.20. The third kappa shape index (κ3) is 5.53. The van der Waals surface area contributed by atoms with E-state index >= 15 is 0 Å².